The second-order valence-electron chi connectivity index (χ2n) is 5.57. The van der Waals surface area contributed by atoms with Crippen LogP contribution in [-0.4, -0.2) is 23.2 Å². The number of carbonyl (C=O) groups excluding carboxylic acids is 1. The molecule has 0 aliphatic rings. The Bertz CT molecular complexity index is 417. The highest BCUT2D eigenvalue weighted by Crippen LogP contribution is 2.12. The number of phenols is 1. The summed E-state index contributed by atoms with van der Waals surface area (Å²) >= 11 is 0. The first-order valence-corrected chi connectivity index (χ1v) is 7.77. The van der Waals surface area contributed by atoms with Gasteiger partial charge in [-0.1, -0.05) is 38.3 Å². The molecule has 0 saturated heterocycles. The van der Waals surface area contributed by atoms with Crippen LogP contribution in [0.25, 0.3) is 0 Å². The van der Waals surface area contributed by atoms with Crippen molar-refractivity contribution >= 4 is 5.97 Å². The summed E-state index contributed by atoms with van der Waals surface area (Å²) in [6, 6.07) is 6.04. The third-order valence-electron chi connectivity index (χ3n) is 3.48. The van der Waals surface area contributed by atoms with Crippen molar-refractivity contribution in [2.75, 3.05) is 0 Å². The van der Waals surface area contributed by atoms with Crippen LogP contribution in [0.5, 0.6) is 5.75 Å². The summed E-state index contributed by atoms with van der Waals surface area (Å²) in [4.78, 5) is 11.9. The van der Waals surface area contributed by atoms with Crippen LogP contribution in [0.4, 0.5) is 0 Å². The van der Waals surface area contributed by atoms with E-state index in [1.165, 1.54) is 19.3 Å². The maximum absolute atomic E-state index is 11.9. The van der Waals surface area contributed by atoms with Crippen LogP contribution in [0.2, 0.25) is 0 Å². The number of esters is 1. The molecule has 118 valence electrons. The summed E-state index contributed by atoms with van der Waals surface area (Å²) in [6.07, 6.45) is 5.90. The zero-order valence-corrected chi connectivity index (χ0v) is 13.0. The lowest BCUT2D eigenvalue weighted by molar-refractivity contribution is -0.150. The zero-order chi connectivity index (χ0) is 15.7. The maximum atomic E-state index is 11.9. The number of ether oxygens (including phenoxy) is 1. The van der Waals surface area contributed by atoms with E-state index in [1.54, 1.807) is 24.3 Å². The molecule has 0 heterocycles. The highest BCUT2D eigenvalue weighted by molar-refractivity contribution is 5.76. The molecule has 0 amide bonds. The van der Waals surface area contributed by atoms with Crippen molar-refractivity contribution in [2.24, 2.45) is 5.73 Å². The Morgan fingerprint density at radius 2 is 1.90 bits per heavy atom. The van der Waals surface area contributed by atoms with Crippen molar-refractivity contribution in [3.8, 4) is 5.75 Å². The molecule has 1 aromatic carbocycles. The van der Waals surface area contributed by atoms with Crippen molar-refractivity contribution in [1.29, 1.82) is 0 Å². The van der Waals surface area contributed by atoms with Gasteiger partial charge in [0.2, 0.25) is 0 Å². The second-order valence-corrected chi connectivity index (χ2v) is 5.57. The van der Waals surface area contributed by atoms with E-state index in [0.29, 0.717) is 6.42 Å². The summed E-state index contributed by atoms with van der Waals surface area (Å²) in [5.74, 6) is -0.151. The first kappa shape index (κ1) is 17.5. The minimum absolute atomic E-state index is 0.0831. The lowest BCUT2D eigenvalue weighted by Gasteiger charge is -2.17. The molecule has 1 rings (SSSR count). The molecule has 0 aliphatic heterocycles. The van der Waals surface area contributed by atoms with Gasteiger partial charge in [-0.05, 0) is 43.9 Å². The Kier molecular flexibility index (Phi) is 7.83. The number of phenolic OH excluding ortho intramolecular Hbond substituents is 1. The monoisotopic (exact) mass is 293 g/mol. The Morgan fingerprint density at radius 1 is 1.24 bits per heavy atom. The van der Waals surface area contributed by atoms with Crippen LogP contribution in [0.3, 0.4) is 0 Å². The fourth-order valence-corrected chi connectivity index (χ4v) is 2.17. The molecule has 21 heavy (non-hydrogen) atoms. The van der Waals surface area contributed by atoms with Crippen LogP contribution in [0, 0.1) is 0 Å². The molecule has 0 radical (unpaired) electrons. The molecule has 0 bridgehead atoms. The van der Waals surface area contributed by atoms with Crippen LogP contribution < -0.4 is 5.73 Å². The SMILES string of the molecule is CCCCCCC(C)OC(=O)C(N)Cc1ccc(O)cc1. The van der Waals surface area contributed by atoms with Crippen molar-refractivity contribution in [1.82, 2.24) is 0 Å². The number of rotatable bonds is 9. The van der Waals surface area contributed by atoms with Crippen molar-refractivity contribution in [2.45, 2.75) is 64.5 Å². The molecular formula is C17H27NO3. The average Bonchev–Trinajstić information content (AvgIpc) is 2.46. The van der Waals surface area contributed by atoms with Gasteiger partial charge in [0, 0.05) is 0 Å². The van der Waals surface area contributed by atoms with E-state index in [-0.39, 0.29) is 17.8 Å². The van der Waals surface area contributed by atoms with Gasteiger partial charge in [-0.15, -0.1) is 0 Å². The van der Waals surface area contributed by atoms with Gasteiger partial charge >= 0.3 is 5.97 Å². The number of unbranched alkanes of at least 4 members (excludes halogenated alkanes) is 3. The molecule has 0 spiro atoms. The number of aromatic hydroxyl groups is 1. The Labute approximate surface area is 127 Å². The average molecular weight is 293 g/mol. The summed E-state index contributed by atoms with van der Waals surface area (Å²) < 4.78 is 5.37. The lowest BCUT2D eigenvalue weighted by Crippen LogP contribution is -2.36. The first-order valence-electron chi connectivity index (χ1n) is 7.77. The third-order valence-corrected chi connectivity index (χ3v) is 3.48. The number of nitrogens with two attached hydrogens (primary N) is 1. The number of hydrogen-bond donors (Lipinski definition) is 2. The van der Waals surface area contributed by atoms with Gasteiger partial charge in [0.25, 0.3) is 0 Å². The fourth-order valence-electron chi connectivity index (χ4n) is 2.17. The van der Waals surface area contributed by atoms with E-state index in [2.05, 4.69) is 6.92 Å². The van der Waals surface area contributed by atoms with Crippen molar-refractivity contribution < 1.29 is 14.6 Å². The normalized spacial score (nSPS) is 13.7. The van der Waals surface area contributed by atoms with E-state index >= 15 is 0 Å². The van der Waals surface area contributed by atoms with E-state index in [1.807, 2.05) is 6.92 Å². The molecule has 0 aromatic heterocycles. The molecular weight excluding hydrogens is 266 g/mol. The van der Waals surface area contributed by atoms with Crippen LogP contribution in [0.15, 0.2) is 24.3 Å². The Hall–Kier alpha value is -1.55. The standard InChI is InChI=1S/C17H27NO3/c1-3-4-5-6-7-13(2)21-17(20)16(18)12-14-8-10-15(19)11-9-14/h8-11,13,16,19H,3-7,12,18H2,1-2H3. The highest BCUT2D eigenvalue weighted by atomic mass is 16.5. The largest absolute Gasteiger partial charge is 0.508 e. The Balaban J connectivity index is 2.31. The van der Waals surface area contributed by atoms with Gasteiger partial charge in [0.05, 0.1) is 6.10 Å². The highest BCUT2D eigenvalue weighted by Gasteiger charge is 2.18. The predicted molar refractivity (Wildman–Crippen MR) is 84.1 cm³/mol. The molecule has 2 atom stereocenters. The van der Waals surface area contributed by atoms with Gasteiger partial charge < -0.3 is 15.6 Å². The third kappa shape index (κ3) is 7.14. The minimum atomic E-state index is -0.660. The number of carbonyl (C=O) groups is 1. The van der Waals surface area contributed by atoms with Crippen molar-refractivity contribution in [3.63, 3.8) is 0 Å². The molecule has 3 N–H and O–H groups in total. The number of hydrogen-bond acceptors (Lipinski definition) is 4. The van der Waals surface area contributed by atoms with Gasteiger partial charge in [-0.25, -0.2) is 0 Å². The Morgan fingerprint density at radius 3 is 2.52 bits per heavy atom. The molecule has 4 heteroatoms. The quantitative estimate of drug-likeness (QED) is 0.542. The van der Waals surface area contributed by atoms with Gasteiger partial charge in [0.1, 0.15) is 11.8 Å². The van der Waals surface area contributed by atoms with Gasteiger partial charge in [-0.2, -0.15) is 0 Å². The molecule has 0 aliphatic carbocycles. The lowest BCUT2D eigenvalue weighted by atomic mass is 10.1. The molecule has 4 nitrogen and oxygen atoms in total. The number of benzene rings is 1. The smallest absolute Gasteiger partial charge is 0.323 e. The van der Waals surface area contributed by atoms with E-state index < -0.39 is 6.04 Å². The second kappa shape index (κ2) is 9.40. The van der Waals surface area contributed by atoms with Crippen LogP contribution in [-0.2, 0) is 16.0 Å². The summed E-state index contributed by atoms with van der Waals surface area (Å²) in [5.41, 5.74) is 6.78. The van der Waals surface area contributed by atoms with E-state index in [4.69, 9.17) is 10.5 Å². The molecule has 0 fully saturated rings. The first-order chi connectivity index (χ1) is 10.0. The maximum Gasteiger partial charge on any atom is 0.323 e. The van der Waals surface area contributed by atoms with E-state index in [9.17, 15) is 9.90 Å². The van der Waals surface area contributed by atoms with E-state index in [0.717, 1.165) is 18.4 Å². The zero-order valence-electron chi connectivity index (χ0n) is 13.0. The fraction of sp³-hybridized carbons (Fsp3) is 0.588. The molecule has 1 aromatic rings. The topological polar surface area (TPSA) is 72.5 Å². The van der Waals surface area contributed by atoms with Gasteiger partial charge in [0.15, 0.2) is 0 Å². The summed E-state index contributed by atoms with van der Waals surface area (Å²) in [5, 5.41) is 9.22. The molecule has 2 unspecified atom stereocenters. The summed E-state index contributed by atoms with van der Waals surface area (Å²) in [6.45, 7) is 4.09. The summed E-state index contributed by atoms with van der Waals surface area (Å²) in [7, 11) is 0. The molecule has 0 saturated carbocycles. The van der Waals surface area contributed by atoms with Crippen LogP contribution >= 0.6 is 0 Å². The minimum Gasteiger partial charge on any atom is -0.508 e. The van der Waals surface area contributed by atoms with Crippen LogP contribution in [0.1, 0.15) is 51.5 Å². The van der Waals surface area contributed by atoms with Gasteiger partial charge in [-0.3, -0.25) is 4.79 Å². The predicted octanol–water partition coefficient (Wildman–Crippen LogP) is 3.16. The van der Waals surface area contributed by atoms with Crippen molar-refractivity contribution in [3.05, 3.63) is 29.8 Å².